The van der Waals surface area contributed by atoms with Crippen LogP contribution in [0.2, 0.25) is 0 Å². The van der Waals surface area contributed by atoms with Crippen LogP contribution in [0.4, 0.5) is 0 Å². The maximum Gasteiger partial charge on any atom is 0.189 e. The lowest BCUT2D eigenvalue weighted by Crippen LogP contribution is -2.68. The van der Waals surface area contributed by atoms with Gasteiger partial charge in [-0.25, -0.2) is 4.99 Å². The fourth-order valence-corrected chi connectivity index (χ4v) is 3.08. The Balaban J connectivity index is 1.87. The summed E-state index contributed by atoms with van der Waals surface area (Å²) < 4.78 is 5.81. The van der Waals surface area contributed by atoms with Crippen molar-refractivity contribution in [1.82, 2.24) is 5.32 Å². The van der Waals surface area contributed by atoms with E-state index in [1.807, 2.05) is 6.92 Å². The Kier molecular flexibility index (Phi) is 3.95. The molecule has 3 N–H and O–H groups in total. The Hall–Kier alpha value is -1.03. The number of nitrogens with zero attached hydrogens (tertiary/aromatic N) is 1. The molecule has 0 aromatic heterocycles. The zero-order valence-corrected chi connectivity index (χ0v) is 11.5. The second-order valence-corrected chi connectivity index (χ2v) is 5.62. The van der Waals surface area contributed by atoms with Crippen molar-refractivity contribution >= 4 is 5.96 Å². The number of nitrogens with two attached hydrogens (primary N) is 1. The number of nitrogens with one attached hydrogen (secondary N) is 1. The minimum absolute atomic E-state index is 0.333. The van der Waals surface area contributed by atoms with Crippen LogP contribution < -0.4 is 11.1 Å². The molecule has 2 aliphatic rings. The molecule has 0 bridgehead atoms. The van der Waals surface area contributed by atoms with E-state index in [-0.39, 0.29) is 0 Å². The van der Waals surface area contributed by atoms with Gasteiger partial charge in [0, 0.05) is 18.1 Å². The van der Waals surface area contributed by atoms with Crippen molar-refractivity contribution in [2.24, 2.45) is 16.1 Å². The van der Waals surface area contributed by atoms with Crippen molar-refractivity contribution in [3.8, 4) is 0 Å². The van der Waals surface area contributed by atoms with Gasteiger partial charge in [-0.2, -0.15) is 0 Å². The van der Waals surface area contributed by atoms with Gasteiger partial charge in [-0.05, 0) is 33.1 Å². The van der Waals surface area contributed by atoms with Crippen LogP contribution in [0, 0.1) is 5.41 Å². The van der Waals surface area contributed by atoms with Gasteiger partial charge in [0.15, 0.2) is 5.96 Å². The van der Waals surface area contributed by atoms with Crippen molar-refractivity contribution < 1.29 is 4.74 Å². The lowest BCUT2D eigenvalue weighted by molar-refractivity contribution is -0.168. The van der Waals surface area contributed by atoms with Crippen LogP contribution in [-0.2, 0) is 4.74 Å². The van der Waals surface area contributed by atoms with Gasteiger partial charge in [0.05, 0.1) is 12.6 Å². The number of ether oxygens (including phenoxy) is 1. The van der Waals surface area contributed by atoms with E-state index in [4.69, 9.17) is 10.5 Å². The molecule has 4 heteroatoms. The second-order valence-electron chi connectivity index (χ2n) is 5.62. The van der Waals surface area contributed by atoms with Crippen LogP contribution in [0.5, 0.6) is 0 Å². The predicted octanol–water partition coefficient (Wildman–Crippen LogP) is 1.81. The zero-order chi connectivity index (χ0) is 13.2. The van der Waals surface area contributed by atoms with E-state index in [1.54, 1.807) is 0 Å². The van der Waals surface area contributed by atoms with Gasteiger partial charge in [0.2, 0.25) is 0 Å². The fourth-order valence-electron chi connectivity index (χ4n) is 3.08. The van der Waals surface area contributed by atoms with Crippen molar-refractivity contribution in [3.05, 3.63) is 12.2 Å². The van der Waals surface area contributed by atoms with Crippen LogP contribution >= 0.6 is 0 Å². The smallest absolute Gasteiger partial charge is 0.189 e. The van der Waals surface area contributed by atoms with Crippen molar-refractivity contribution in [1.29, 1.82) is 0 Å². The van der Waals surface area contributed by atoms with E-state index in [1.165, 1.54) is 19.3 Å². The van der Waals surface area contributed by atoms with Crippen molar-refractivity contribution in [2.45, 2.75) is 51.7 Å². The first-order chi connectivity index (χ1) is 8.58. The predicted molar refractivity (Wildman–Crippen MR) is 74.5 cm³/mol. The molecule has 2 atom stereocenters. The first kappa shape index (κ1) is 13.4. The molecule has 2 unspecified atom stereocenters. The maximum absolute atomic E-state index is 5.91. The molecule has 18 heavy (non-hydrogen) atoms. The monoisotopic (exact) mass is 251 g/mol. The quantitative estimate of drug-likeness (QED) is 0.445. The van der Waals surface area contributed by atoms with Gasteiger partial charge >= 0.3 is 0 Å². The molecule has 0 heterocycles. The van der Waals surface area contributed by atoms with Gasteiger partial charge in [0.25, 0.3) is 0 Å². The zero-order valence-electron chi connectivity index (χ0n) is 11.5. The molecule has 2 rings (SSSR count). The average molecular weight is 251 g/mol. The van der Waals surface area contributed by atoms with E-state index in [0.717, 1.165) is 18.6 Å². The maximum atomic E-state index is 5.91. The molecule has 2 aliphatic carbocycles. The lowest BCUT2D eigenvalue weighted by atomic mass is 9.51. The van der Waals surface area contributed by atoms with Crippen LogP contribution in [0.3, 0.4) is 0 Å². The first-order valence-corrected chi connectivity index (χ1v) is 6.91. The minimum atomic E-state index is 0.333. The van der Waals surface area contributed by atoms with Gasteiger partial charge < -0.3 is 15.8 Å². The minimum Gasteiger partial charge on any atom is -0.378 e. The van der Waals surface area contributed by atoms with Crippen LogP contribution in [0.1, 0.15) is 39.5 Å². The normalized spacial score (nSPS) is 29.6. The Bertz CT molecular complexity index is 347. The Morgan fingerprint density at radius 1 is 1.56 bits per heavy atom. The molecule has 0 radical (unpaired) electrons. The summed E-state index contributed by atoms with van der Waals surface area (Å²) in [6, 6.07) is 0.441. The molecule has 0 amide bonds. The standard InChI is InChI=1S/C14H25N3O/c1-4-18-12-8-11(14(12)6-5-7-14)17-13(15)16-9-10(2)3/h11-12H,2,4-9H2,1,3H3,(H3,15,16,17). The van der Waals surface area contributed by atoms with E-state index in [2.05, 4.69) is 23.8 Å². The highest BCUT2D eigenvalue weighted by Crippen LogP contribution is 2.57. The number of aliphatic imine (C=N–C) groups is 1. The highest BCUT2D eigenvalue weighted by Gasteiger charge is 2.59. The van der Waals surface area contributed by atoms with Crippen molar-refractivity contribution in [3.63, 3.8) is 0 Å². The highest BCUT2D eigenvalue weighted by atomic mass is 16.5. The Morgan fingerprint density at radius 3 is 2.78 bits per heavy atom. The summed E-state index contributed by atoms with van der Waals surface area (Å²) >= 11 is 0. The summed E-state index contributed by atoms with van der Waals surface area (Å²) in [5.74, 6) is 0.546. The molecular formula is C14H25N3O. The number of hydrogen-bond acceptors (Lipinski definition) is 2. The van der Waals surface area contributed by atoms with E-state index in [0.29, 0.717) is 30.1 Å². The van der Waals surface area contributed by atoms with E-state index >= 15 is 0 Å². The highest BCUT2D eigenvalue weighted by molar-refractivity contribution is 5.78. The van der Waals surface area contributed by atoms with Crippen LogP contribution in [-0.4, -0.2) is 31.3 Å². The number of rotatable bonds is 5. The van der Waals surface area contributed by atoms with Gasteiger partial charge in [-0.3, -0.25) is 0 Å². The molecular weight excluding hydrogens is 226 g/mol. The molecule has 2 saturated carbocycles. The molecule has 0 aliphatic heterocycles. The number of hydrogen-bond donors (Lipinski definition) is 2. The molecule has 0 aromatic rings. The third-order valence-corrected chi connectivity index (χ3v) is 4.28. The van der Waals surface area contributed by atoms with E-state index < -0.39 is 0 Å². The topological polar surface area (TPSA) is 59.6 Å². The molecule has 2 fully saturated rings. The summed E-state index contributed by atoms with van der Waals surface area (Å²) in [4.78, 5) is 4.28. The Morgan fingerprint density at radius 2 is 2.28 bits per heavy atom. The molecule has 0 saturated heterocycles. The summed E-state index contributed by atoms with van der Waals surface area (Å²) in [5.41, 5.74) is 7.27. The third-order valence-electron chi connectivity index (χ3n) is 4.28. The fraction of sp³-hybridized carbons (Fsp3) is 0.786. The molecule has 4 nitrogen and oxygen atoms in total. The summed E-state index contributed by atoms with van der Waals surface area (Å²) in [7, 11) is 0. The molecule has 0 aromatic carbocycles. The van der Waals surface area contributed by atoms with Crippen LogP contribution in [0.15, 0.2) is 17.1 Å². The third kappa shape index (κ3) is 2.39. The number of guanidine groups is 1. The summed E-state index contributed by atoms with van der Waals surface area (Å²) in [5, 5.41) is 3.36. The largest absolute Gasteiger partial charge is 0.378 e. The van der Waals surface area contributed by atoms with Gasteiger partial charge in [0.1, 0.15) is 0 Å². The summed E-state index contributed by atoms with van der Waals surface area (Å²) in [6.07, 6.45) is 5.29. The van der Waals surface area contributed by atoms with Gasteiger partial charge in [-0.1, -0.05) is 18.6 Å². The Labute approximate surface area is 110 Å². The average Bonchev–Trinajstić information content (AvgIpc) is 2.22. The van der Waals surface area contributed by atoms with Crippen LogP contribution in [0.25, 0.3) is 0 Å². The van der Waals surface area contributed by atoms with Gasteiger partial charge in [-0.15, -0.1) is 0 Å². The second kappa shape index (κ2) is 5.31. The van der Waals surface area contributed by atoms with Crippen molar-refractivity contribution in [2.75, 3.05) is 13.2 Å². The lowest BCUT2D eigenvalue weighted by Gasteiger charge is -2.61. The SMILES string of the molecule is C=C(C)CN=C(N)NC1CC(OCC)C12CCC2. The molecule has 1 spiro atoms. The summed E-state index contributed by atoms with van der Waals surface area (Å²) in [6.45, 7) is 9.25. The molecule has 102 valence electrons. The van der Waals surface area contributed by atoms with E-state index in [9.17, 15) is 0 Å². The first-order valence-electron chi connectivity index (χ1n) is 6.91.